The summed E-state index contributed by atoms with van der Waals surface area (Å²) in [5, 5.41) is 6.78. The van der Waals surface area contributed by atoms with Crippen molar-refractivity contribution in [3.63, 3.8) is 0 Å². The number of benzene rings is 1. The number of hydrogen-bond acceptors (Lipinski definition) is 5. The average Bonchev–Trinajstić information content (AvgIpc) is 3.42. The highest BCUT2D eigenvalue weighted by Gasteiger charge is 2.48. The minimum absolute atomic E-state index is 0.174. The van der Waals surface area contributed by atoms with E-state index in [1.807, 2.05) is 6.92 Å². The molecule has 4 rings (SSSR count). The van der Waals surface area contributed by atoms with Crippen LogP contribution in [0.25, 0.3) is 5.82 Å². The monoisotopic (exact) mass is 554 g/mol. The van der Waals surface area contributed by atoms with Gasteiger partial charge in [0.25, 0.3) is 5.91 Å². The number of nitrogens with one attached hydrogen (secondary N) is 1. The zero-order chi connectivity index (χ0) is 27.1. The lowest BCUT2D eigenvalue weighted by atomic mass is 10.00. The number of carbonyl (C=O) groups excluding carboxylic acids is 2. The molecule has 37 heavy (non-hydrogen) atoms. The van der Waals surface area contributed by atoms with Crippen LogP contribution < -0.4 is 5.32 Å². The second kappa shape index (κ2) is 9.94. The molecule has 1 saturated carbocycles. The van der Waals surface area contributed by atoms with Gasteiger partial charge < -0.3 is 10.2 Å². The molecule has 196 valence electrons. The van der Waals surface area contributed by atoms with Crippen LogP contribution in [-0.2, 0) is 11.0 Å². The number of anilines is 1. The Morgan fingerprint density at radius 1 is 1.16 bits per heavy atom. The van der Waals surface area contributed by atoms with Crippen molar-refractivity contribution in [3.05, 3.63) is 64.8 Å². The Labute approximate surface area is 220 Å². The summed E-state index contributed by atoms with van der Waals surface area (Å²) < 4.78 is 41.1. The summed E-state index contributed by atoms with van der Waals surface area (Å²) >= 11 is 12.0. The molecule has 1 aliphatic rings. The zero-order valence-corrected chi connectivity index (χ0v) is 21.6. The topological polar surface area (TPSA) is 93.0 Å². The smallest absolute Gasteiger partial charge is 0.338 e. The number of alkyl halides is 4. The Hall–Kier alpha value is -3.18. The van der Waals surface area contributed by atoms with Crippen LogP contribution in [0.5, 0.6) is 0 Å². The maximum absolute atomic E-state index is 13.2. The molecule has 0 saturated heterocycles. The van der Waals surface area contributed by atoms with E-state index in [9.17, 15) is 22.8 Å². The largest absolute Gasteiger partial charge is 0.416 e. The maximum atomic E-state index is 13.2. The molecule has 0 spiro atoms. The van der Waals surface area contributed by atoms with Crippen molar-refractivity contribution in [2.75, 3.05) is 12.4 Å². The molecule has 8 nitrogen and oxygen atoms in total. The third-order valence-electron chi connectivity index (χ3n) is 6.43. The van der Waals surface area contributed by atoms with Gasteiger partial charge in [0.1, 0.15) is 17.0 Å². The summed E-state index contributed by atoms with van der Waals surface area (Å²) in [7, 11) is 1.50. The van der Waals surface area contributed by atoms with E-state index in [4.69, 9.17) is 23.2 Å². The van der Waals surface area contributed by atoms with E-state index in [-0.39, 0.29) is 22.4 Å². The molecular weight excluding hydrogens is 532 g/mol. The Morgan fingerprint density at radius 2 is 1.86 bits per heavy atom. The van der Waals surface area contributed by atoms with Crippen LogP contribution in [-0.4, -0.2) is 54.4 Å². The Balaban J connectivity index is 1.51. The fraction of sp³-hybridized carbons (Fsp3) is 0.375. The second-order valence-corrected chi connectivity index (χ2v) is 10.2. The van der Waals surface area contributed by atoms with E-state index in [0.29, 0.717) is 30.2 Å². The fourth-order valence-electron chi connectivity index (χ4n) is 3.72. The molecule has 1 aliphatic carbocycles. The van der Waals surface area contributed by atoms with Crippen molar-refractivity contribution >= 4 is 40.7 Å². The van der Waals surface area contributed by atoms with Crippen LogP contribution in [0, 0.1) is 0 Å². The predicted molar refractivity (Wildman–Crippen MR) is 132 cm³/mol. The van der Waals surface area contributed by atoms with Crippen LogP contribution in [0.15, 0.2) is 42.9 Å². The molecule has 2 atom stereocenters. The van der Waals surface area contributed by atoms with Gasteiger partial charge in [-0.25, -0.2) is 9.97 Å². The number of halogens is 5. The average molecular weight is 555 g/mol. The highest BCUT2D eigenvalue weighted by Crippen LogP contribution is 2.43. The molecule has 2 aromatic heterocycles. The standard InChI is InChI=1S/C24H23Cl2F3N6O2/c1-13(14(2)34(3)21(36)15-8-16(24(27,28)29)10-17(25)9-15)20-31-12-32-35(20)19-5-4-18(11-30-19)33-22(37)23(26)6-7-23/h4-5,8-14H,6-7H2,1-3H3,(H,33,37)/t13-,14-/m0/s1. The third-order valence-corrected chi connectivity index (χ3v) is 7.19. The molecule has 1 N–H and O–H groups in total. The highest BCUT2D eigenvalue weighted by molar-refractivity contribution is 6.38. The number of pyridine rings is 1. The first-order valence-corrected chi connectivity index (χ1v) is 12.1. The second-order valence-electron chi connectivity index (χ2n) is 9.03. The van der Waals surface area contributed by atoms with Gasteiger partial charge >= 0.3 is 6.18 Å². The van der Waals surface area contributed by atoms with Crippen LogP contribution in [0.2, 0.25) is 5.02 Å². The van der Waals surface area contributed by atoms with E-state index >= 15 is 0 Å². The van der Waals surface area contributed by atoms with Gasteiger partial charge in [0.15, 0.2) is 5.82 Å². The summed E-state index contributed by atoms with van der Waals surface area (Å²) in [6.07, 6.45) is -0.566. The lowest BCUT2D eigenvalue weighted by molar-refractivity contribution is -0.137. The number of amides is 2. The van der Waals surface area contributed by atoms with Gasteiger partial charge in [-0.05, 0) is 50.1 Å². The number of nitrogens with zero attached hydrogens (tertiary/aromatic N) is 5. The lowest BCUT2D eigenvalue weighted by Gasteiger charge is -2.30. The summed E-state index contributed by atoms with van der Waals surface area (Å²) in [5.74, 6) is -0.372. The summed E-state index contributed by atoms with van der Waals surface area (Å²) in [6, 6.07) is 5.59. The summed E-state index contributed by atoms with van der Waals surface area (Å²) in [4.78, 5) is 34.4. The van der Waals surface area contributed by atoms with Crippen molar-refractivity contribution in [1.29, 1.82) is 0 Å². The van der Waals surface area contributed by atoms with E-state index in [0.717, 1.165) is 12.1 Å². The maximum Gasteiger partial charge on any atom is 0.416 e. The van der Waals surface area contributed by atoms with Gasteiger partial charge in [-0.3, -0.25) is 9.59 Å². The van der Waals surface area contributed by atoms with Gasteiger partial charge in [-0.1, -0.05) is 18.5 Å². The number of hydrogen-bond donors (Lipinski definition) is 1. The highest BCUT2D eigenvalue weighted by atomic mass is 35.5. The van der Waals surface area contributed by atoms with Gasteiger partial charge in [0, 0.05) is 29.6 Å². The molecule has 1 aromatic carbocycles. The van der Waals surface area contributed by atoms with E-state index in [2.05, 4.69) is 20.4 Å². The minimum Gasteiger partial charge on any atom is -0.338 e. The molecule has 0 aliphatic heterocycles. The van der Waals surface area contributed by atoms with Crippen LogP contribution in [0.1, 0.15) is 54.4 Å². The molecule has 2 amide bonds. The third kappa shape index (κ3) is 5.72. The van der Waals surface area contributed by atoms with Crippen molar-refractivity contribution in [2.45, 2.75) is 49.7 Å². The van der Waals surface area contributed by atoms with Gasteiger partial charge in [0.05, 0.1) is 17.4 Å². The summed E-state index contributed by atoms with van der Waals surface area (Å²) in [5.41, 5.74) is -0.692. The van der Waals surface area contributed by atoms with Crippen molar-refractivity contribution in [2.24, 2.45) is 0 Å². The quantitative estimate of drug-likeness (QED) is 0.399. The molecule has 13 heteroatoms. The molecule has 3 aromatic rings. The Morgan fingerprint density at radius 3 is 2.46 bits per heavy atom. The van der Waals surface area contributed by atoms with E-state index in [1.165, 1.54) is 35.2 Å². The molecule has 0 radical (unpaired) electrons. The molecular formula is C24H23Cl2F3N6O2. The van der Waals surface area contributed by atoms with E-state index < -0.39 is 28.6 Å². The minimum atomic E-state index is -4.64. The Kier molecular flexibility index (Phi) is 7.22. The first-order chi connectivity index (χ1) is 17.3. The lowest BCUT2D eigenvalue weighted by Crippen LogP contribution is -2.39. The normalized spacial score (nSPS) is 16.1. The first-order valence-electron chi connectivity index (χ1n) is 11.3. The molecule has 2 heterocycles. The first kappa shape index (κ1) is 26.9. The molecule has 0 bridgehead atoms. The zero-order valence-electron chi connectivity index (χ0n) is 20.1. The van der Waals surface area contributed by atoms with Gasteiger partial charge in [-0.2, -0.15) is 23.0 Å². The van der Waals surface area contributed by atoms with Gasteiger partial charge in [-0.15, -0.1) is 11.6 Å². The number of carbonyl (C=O) groups is 2. The molecule has 1 fully saturated rings. The van der Waals surface area contributed by atoms with Crippen LogP contribution in [0.3, 0.4) is 0 Å². The Bertz CT molecular complexity index is 1320. The molecule has 0 unspecified atom stereocenters. The number of likely N-dealkylation sites (N-methyl/N-ethyl adjacent to an activating group) is 1. The predicted octanol–water partition coefficient (Wildman–Crippen LogP) is 5.31. The van der Waals surface area contributed by atoms with Crippen molar-refractivity contribution < 1.29 is 22.8 Å². The number of rotatable bonds is 7. The van der Waals surface area contributed by atoms with Crippen molar-refractivity contribution in [3.8, 4) is 5.82 Å². The van der Waals surface area contributed by atoms with E-state index in [1.54, 1.807) is 19.1 Å². The fourth-order valence-corrected chi connectivity index (χ4v) is 4.10. The van der Waals surface area contributed by atoms with Gasteiger partial charge in [0.2, 0.25) is 5.91 Å². The van der Waals surface area contributed by atoms with Crippen LogP contribution in [0.4, 0.5) is 18.9 Å². The SMILES string of the molecule is C[C@H](c1ncnn1-c1ccc(NC(=O)C2(Cl)CC2)cn1)[C@H](C)N(C)C(=O)c1cc(Cl)cc(C(F)(F)F)c1. The number of aromatic nitrogens is 4. The van der Waals surface area contributed by atoms with Crippen molar-refractivity contribution in [1.82, 2.24) is 24.6 Å². The summed E-state index contributed by atoms with van der Waals surface area (Å²) in [6.45, 7) is 3.57. The van der Waals surface area contributed by atoms with Crippen LogP contribution >= 0.6 is 23.2 Å².